The van der Waals surface area contributed by atoms with Crippen molar-refractivity contribution in [2.24, 2.45) is 11.8 Å². The van der Waals surface area contributed by atoms with Crippen LogP contribution in [0.4, 0.5) is 0 Å². The highest BCUT2D eigenvalue weighted by Crippen LogP contribution is 2.28. The molecule has 0 aliphatic heterocycles. The molecule has 1 saturated carbocycles. The number of nitrogens with zero attached hydrogens (tertiary/aromatic N) is 1. The van der Waals surface area contributed by atoms with Gasteiger partial charge in [0.2, 0.25) is 0 Å². The Hall–Kier alpha value is -1.07. The Balaban J connectivity index is 1.77. The minimum atomic E-state index is -0.298. The Bertz CT molecular complexity index is 388. The quantitative estimate of drug-likeness (QED) is 0.486. The van der Waals surface area contributed by atoms with E-state index in [9.17, 15) is 4.79 Å². The lowest BCUT2D eigenvalue weighted by Crippen LogP contribution is -2.30. The van der Waals surface area contributed by atoms with Crippen molar-refractivity contribution in [1.29, 1.82) is 0 Å². The van der Waals surface area contributed by atoms with E-state index in [0.29, 0.717) is 5.56 Å². The zero-order valence-electron chi connectivity index (χ0n) is 10.4. The third kappa shape index (κ3) is 3.71. The van der Waals surface area contributed by atoms with E-state index < -0.39 is 0 Å². The van der Waals surface area contributed by atoms with Gasteiger partial charge in [0.05, 0.1) is 11.3 Å². The summed E-state index contributed by atoms with van der Waals surface area (Å²) in [5.41, 5.74) is 3.62. The molecular weight excluding hydrogens is 246 g/mol. The van der Waals surface area contributed by atoms with Crippen molar-refractivity contribution in [3.63, 3.8) is 0 Å². The fraction of sp³-hybridized carbons (Fsp3) is 0.538. The van der Waals surface area contributed by atoms with Gasteiger partial charge >= 0.3 is 0 Å². The molecule has 1 aromatic heterocycles. The lowest BCUT2D eigenvalue weighted by atomic mass is 10.1. The lowest BCUT2D eigenvalue weighted by Gasteiger charge is -2.08. The van der Waals surface area contributed by atoms with Crippen LogP contribution < -0.4 is 11.3 Å². The molecule has 1 amide bonds. The summed E-state index contributed by atoms with van der Waals surface area (Å²) in [6.45, 7) is 0. The number of nitrogens with one attached hydrogen (secondary N) is 1. The molecule has 1 aromatic rings. The van der Waals surface area contributed by atoms with Gasteiger partial charge in [0.1, 0.15) is 0 Å². The van der Waals surface area contributed by atoms with E-state index in [0.717, 1.165) is 17.4 Å². The third-order valence-corrected chi connectivity index (χ3v) is 4.50. The number of aromatic nitrogens is 1. The molecule has 0 radical (unpaired) electrons. The van der Waals surface area contributed by atoms with Crippen molar-refractivity contribution < 1.29 is 4.79 Å². The first-order chi connectivity index (χ1) is 8.79. The van der Waals surface area contributed by atoms with Gasteiger partial charge in [0.25, 0.3) is 5.91 Å². The second kappa shape index (κ2) is 6.75. The van der Waals surface area contributed by atoms with E-state index in [1.54, 1.807) is 12.3 Å². The van der Waals surface area contributed by atoms with E-state index >= 15 is 0 Å². The highest BCUT2D eigenvalue weighted by Gasteiger charge is 2.14. The van der Waals surface area contributed by atoms with Gasteiger partial charge in [-0.3, -0.25) is 15.2 Å². The van der Waals surface area contributed by atoms with Crippen LogP contribution >= 0.6 is 11.8 Å². The number of thioether (sulfide) groups is 1. The number of carbonyl (C=O) groups is 1. The highest BCUT2D eigenvalue weighted by atomic mass is 32.2. The maximum atomic E-state index is 11.2. The minimum Gasteiger partial charge on any atom is -0.290 e. The molecular formula is C13H19N3OS. The van der Waals surface area contributed by atoms with Crippen LogP contribution in [0.1, 0.15) is 41.7 Å². The second-order valence-corrected chi connectivity index (χ2v) is 5.71. The smallest absolute Gasteiger partial charge is 0.266 e. The molecule has 98 valence electrons. The van der Waals surface area contributed by atoms with E-state index in [-0.39, 0.29) is 5.91 Å². The van der Waals surface area contributed by atoms with Gasteiger partial charge in [-0.25, -0.2) is 5.84 Å². The summed E-state index contributed by atoms with van der Waals surface area (Å²) in [5, 5.41) is 0. The molecule has 0 spiro atoms. The molecule has 0 unspecified atom stereocenters. The predicted octanol–water partition coefficient (Wildman–Crippen LogP) is 2.11. The maximum Gasteiger partial charge on any atom is 0.266 e. The van der Waals surface area contributed by atoms with Gasteiger partial charge in [-0.15, -0.1) is 0 Å². The first-order valence-corrected chi connectivity index (χ1v) is 7.48. The Kier molecular flexibility index (Phi) is 5.01. The zero-order valence-corrected chi connectivity index (χ0v) is 11.2. The molecule has 1 fully saturated rings. The Labute approximate surface area is 112 Å². The number of rotatable bonds is 5. The predicted molar refractivity (Wildman–Crippen MR) is 74.0 cm³/mol. The number of nitrogen functional groups attached to an aromatic ring is 1. The molecule has 1 aliphatic carbocycles. The molecule has 1 aliphatic rings. The first kappa shape index (κ1) is 13.4. The number of hydrogen-bond donors (Lipinski definition) is 2. The molecule has 0 bridgehead atoms. The van der Waals surface area contributed by atoms with Gasteiger partial charge in [-0.05, 0) is 36.6 Å². The van der Waals surface area contributed by atoms with Gasteiger partial charge in [-0.1, -0.05) is 12.8 Å². The summed E-state index contributed by atoms with van der Waals surface area (Å²) < 4.78 is 0. The highest BCUT2D eigenvalue weighted by molar-refractivity contribution is 7.98. The summed E-state index contributed by atoms with van der Waals surface area (Å²) in [6, 6.07) is 3.66. The first-order valence-electron chi connectivity index (χ1n) is 6.33. The number of hydrazine groups is 1. The fourth-order valence-corrected chi connectivity index (χ4v) is 3.40. The van der Waals surface area contributed by atoms with Crippen molar-refractivity contribution in [3.05, 3.63) is 29.6 Å². The number of hydrogen-bond acceptors (Lipinski definition) is 4. The summed E-state index contributed by atoms with van der Waals surface area (Å²) in [7, 11) is 0. The van der Waals surface area contributed by atoms with Crippen LogP contribution in [0.5, 0.6) is 0 Å². The third-order valence-electron chi connectivity index (χ3n) is 3.30. The minimum absolute atomic E-state index is 0.298. The normalized spacial score (nSPS) is 15.8. The topological polar surface area (TPSA) is 68.0 Å². The average Bonchev–Trinajstić information content (AvgIpc) is 2.92. The number of amides is 1. The molecule has 0 saturated heterocycles. The van der Waals surface area contributed by atoms with Crippen LogP contribution in [-0.2, 0) is 5.75 Å². The van der Waals surface area contributed by atoms with E-state index in [4.69, 9.17) is 5.84 Å². The molecule has 18 heavy (non-hydrogen) atoms. The van der Waals surface area contributed by atoms with Crippen molar-refractivity contribution in [2.75, 3.05) is 5.75 Å². The van der Waals surface area contributed by atoms with Crippen LogP contribution in [0.3, 0.4) is 0 Å². The summed E-state index contributed by atoms with van der Waals surface area (Å²) in [5.74, 6) is 7.81. The molecule has 0 atom stereocenters. The van der Waals surface area contributed by atoms with E-state index in [1.165, 1.54) is 31.4 Å². The number of carbonyl (C=O) groups excluding carboxylic acids is 1. The summed E-state index contributed by atoms with van der Waals surface area (Å²) >= 11 is 1.94. The van der Waals surface area contributed by atoms with E-state index in [1.807, 2.05) is 17.8 Å². The van der Waals surface area contributed by atoms with E-state index in [2.05, 4.69) is 10.4 Å². The molecule has 0 aromatic carbocycles. The summed E-state index contributed by atoms with van der Waals surface area (Å²) in [6.07, 6.45) is 7.14. The fourth-order valence-electron chi connectivity index (χ4n) is 2.23. The average molecular weight is 265 g/mol. The van der Waals surface area contributed by atoms with Gasteiger partial charge in [0, 0.05) is 11.9 Å². The van der Waals surface area contributed by atoms with Crippen molar-refractivity contribution in [2.45, 2.75) is 31.4 Å². The van der Waals surface area contributed by atoms with Gasteiger partial charge in [0.15, 0.2) is 0 Å². The Morgan fingerprint density at radius 1 is 1.44 bits per heavy atom. The van der Waals surface area contributed by atoms with Crippen LogP contribution in [0.15, 0.2) is 18.3 Å². The van der Waals surface area contributed by atoms with Crippen molar-refractivity contribution in [3.8, 4) is 0 Å². The van der Waals surface area contributed by atoms with Crippen molar-refractivity contribution in [1.82, 2.24) is 10.4 Å². The molecule has 3 N–H and O–H groups in total. The second-order valence-electron chi connectivity index (χ2n) is 4.68. The Morgan fingerprint density at radius 3 is 2.83 bits per heavy atom. The number of nitrogens with two attached hydrogens (primary N) is 1. The SMILES string of the molecule is NNC(=O)c1ccc(CSCC2CCCC2)nc1. The number of pyridine rings is 1. The summed E-state index contributed by atoms with van der Waals surface area (Å²) in [4.78, 5) is 15.5. The Morgan fingerprint density at radius 2 is 2.22 bits per heavy atom. The van der Waals surface area contributed by atoms with Crippen LogP contribution in [0, 0.1) is 5.92 Å². The van der Waals surface area contributed by atoms with Gasteiger partial charge in [-0.2, -0.15) is 11.8 Å². The molecule has 2 rings (SSSR count). The van der Waals surface area contributed by atoms with Crippen molar-refractivity contribution >= 4 is 17.7 Å². The molecule has 4 nitrogen and oxygen atoms in total. The maximum absolute atomic E-state index is 11.2. The zero-order chi connectivity index (χ0) is 12.8. The largest absolute Gasteiger partial charge is 0.290 e. The van der Waals surface area contributed by atoms with Crippen LogP contribution in [-0.4, -0.2) is 16.6 Å². The monoisotopic (exact) mass is 265 g/mol. The standard InChI is InChI=1S/C13H19N3OS/c14-16-13(17)11-5-6-12(15-7-11)9-18-8-10-3-1-2-4-10/h5-7,10H,1-4,8-9,14H2,(H,16,17). The molecule has 1 heterocycles. The van der Waals surface area contributed by atoms with Crippen LogP contribution in [0.2, 0.25) is 0 Å². The molecule has 5 heteroatoms. The lowest BCUT2D eigenvalue weighted by molar-refractivity contribution is 0.0953. The van der Waals surface area contributed by atoms with Gasteiger partial charge < -0.3 is 0 Å². The van der Waals surface area contributed by atoms with Crippen LogP contribution in [0.25, 0.3) is 0 Å².